The van der Waals surface area contributed by atoms with Gasteiger partial charge in [0.05, 0.1) is 19.2 Å². The van der Waals surface area contributed by atoms with Gasteiger partial charge in [-0.1, -0.05) is 54.6 Å². The summed E-state index contributed by atoms with van der Waals surface area (Å²) in [5.74, 6) is 0.673. The van der Waals surface area contributed by atoms with Crippen molar-refractivity contribution in [2.45, 2.75) is 33.4 Å². The van der Waals surface area contributed by atoms with Gasteiger partial charge in [0.2, 0.25) is 0 Å². The number of rotatable bonds is 7. The third-order valence-electron chi connectivity index (χ3n) is 8.97. The highest BCUT2D eigenvalue weighted by Crippen LogP contribution is 2.33. The lowest BCUT2D eigenvalue weighted by Crippen LogP contribution is -2.36. The summed E-state index contributed by atoms with van der Waals surface area (Å²) in [5.41, 5.74) is 8.54. The Morgan fingerprint density at radius 3 is 2.33 bits per heavy atom. The minimum Gasteiger partial charge on any atom is -0.508 e. The number of aromatic hydroxyl groups is 1. The van der Waals surface area contributed by atoms with Crippen LogP contribution in [0.15, 0.2) is 97.1 Å². The number of nitrogens with zero attached hydrogens (tertiary/aromatic N) is 3. The molecule has 1 aliphatic rings. The topological polar surface area (TPSA) is 75.0 Å². The molecule has 0 bridgehead atoms. The number of benzene rings is 4. The first-order valence-corrected chi connectivity index (χ1v) is 15.1. The largest absolute Gasteiger partial charge is 0.508 e. The summed E-state index contributed by atoms with van der Waals surface area (Å²) < 4.78 is 7.52. The van der Waals surface area contributed by atoms with E-state index in [4.69, 9.17) is 4.74 Å². The van der Waals surface area contributed by atoms with Gasteiger partial charge < -0.3 is 24.2 Å². The van der Waals surface area contributed by atoms with Crippen molar-refractivity contribution in [2.24, 2.45) is 7.05 Å². The van der Waals surface area contributed by atoms with Crippen molar-refractivity contribution in [2.75, 3.05) is 18.6 Å². The van der Waals surface area contributed by atoms with Gasteiger partial charge >= 0.3 is 0 Å². The Morgan fingerprint density at radius 1 is 0.867 bits per heavy atom. The molecule has 6 rings (SSSR count). The van der Waals surface area contributed by atoms with Crippen molar-refractivity contribution in [3.63, 3.8) is 0 Å². The standard InChI is InChI=1S/C38H37N3O4/c1-25-28(12-9-15-36(25)45-4)24-41(30-16-18-31(42)19-17-30)38(44)34-22-35(39(3)26(34)2)32-13-7-8-14-33(32)37(43)40-21-20-27-10-5-6-11-29(27)23-40/h5-19,22,42H,20-21,23-24H2,1-4H3. The number of aromatic nitrogens is 1. The number of carbonyl (C=O) groups excluding carboxylic acids is 2. The molecule has 0 fully saturated rings. The van der Waals surface area contributed by atoms with Crippen LogP contribution in [0.2, 0.25) is 0 Å². The second-order valence-corrected chi connectivity index (χ2v) is 11.5. The van der Waals surface area contributed by atoms with E-state index in [1.54, 1.807) is 36.3 Å². The Morgan fingerprint density at radius 2 is 1.58 bits per heavy atom. The first kappa shape index (κ1) is 29.8. The molecule has 1 aromatic heterocycles. The number of fused-ring (bicyclic) bond motifs is 1. The van der Waals surface area contributed by atoms with Crippen LogP contribution in [-0.2, 0) is 26.6 Å². The van der Waals surface area contributed by atoms with Crippen LogP contribution in [0.5, 0.6) is 11.5 Å². The molecule has 0 spiro atoms. The highest BCUT2D eigenvalue weighted by atomic mass is 16.5. The number of hydrogen-bond donors (Lipinski definition) is 1. The van der Waals surface area contributed by atoms with Crippen molar-refractivity contribution < 1.29 is 19.4 Å². The average Bonchev–Trinajstić information content (AvgIpc) is 3.37. The van der Waals surface area contributed by atoms with Crippen LogP contribution in [0.25, 0.3) is 11.3 Å². The predicted molar refractivity (Wildman–Crippen MR) is 177 cm³/mol. The van der Waals surface area contributed by atoms with E-state index in [-0.39, 0.29) is 17.6 Å². The summed E-state index contributed by atoms with van der Waals surface area (Å²) in [5, 5.41) is 9.97. The normalized spacial score (nSPS) is 12.5. The molecule has 228 valence electrons. The van der Waals surface area contributed by atoms with E-state index in [2.05, 4.69) is 12.1 Å². The average molecular weight is 600 g/mol. The third kappa shape index (κ3) is 5.69. The molecule has 7 nitrogen and oxygen atoms in total. The zero-order chi connectivity index (χ0) is 31.7. The fraction of sp³-hybridized carbons (Fsp3) is 0.211. The molecule has 0 atom stereocenters. The van der Waals surface area contributed by atoms with Crippen molar-refractivity contribution in [3.8, 4) is 22.8 Å². The van der Waals surface area contributed by atoms with Gasteiger partial charge in [-0.2, -0.15) is 0 Å². The molecule has 0 radical (unpaired) electrons. The van der Waals surface area contributed by atoms with Gasteiger partial charge in [0.1, 0.15) is 11.5 Å². The molecule has 2 amide bonds. The highest BCUT2D eigenvalue weighted by molar-refractivity contribution is 6.08. The second kappa shape index (κ2) is 12.4. The zero-order valence-corrected chi connectivity index (χ0v) is 26.1. The Hall–Kier alpha value is -5.30. The smallest absolute Gasteiger partial charge is 0.260 e. The number of phenols is 1. The van der Waals surface area contributed by atoms with E-state index < -0.39 is 0 Å². The number of ether oxygens (including phenoxy) is 1. The van der Waals surface area contributed by atoms with Gasteiger partial charge in [-0.05, 0) is 85.0 Å². The quantitative estimate of drug-likeness (QED) is 0.217. The monoisotopic (exact) mass is 599 g/mol. The van der Waals surface area contributed by atoms with Crippen LogP contribution < -0.4 is 9.64 Å². The maximum absolute atomic E-state index is 14.4. The fourth-order valence-electron chi connectivity index (χ4n) is 6.19. The van der Waals surface area contributed by atoms with E-state index in [1.165, 1.54) is 11.1 Å². The first-order chi connectivity index (χ1) is 21.8. The van der Waals surface area contributed by atoms with Crippen LogP contribution in [0.1, 0.15) is 48.7 Å². The molecule has 2 heterocycles. The van der Waals surface area contributed by atoms with Crippen LogP contribution >= 0.6 is 0 Å². The first-order valence-electron chi connectivity index (χ1n) is 15.1. The molecule has 0 unspecified atom stereocenters. The molecule has 1 aliphatic heterocycles. The summed E-state index contributed by atoms with van der Waals surface area (Å²) >= 11 is 0. The van der Waals surface area contributed by atoms with Gasteiger partial charge in [0, 0.05) is 48.3 Å². The Balaban J connectivity index is 1.37. The van der Waals surface area contributed by atoms with Crippen LogP contribution in [0.3, 0.4) is 0 Å². The van der Waals surface area contributed by atoms with Gasteiger partial charge in [0.25, 0.3) is 11.8 Å². The Kier molecular flexibility index (Phi) is 8.18. The van der Waals surface area contributed by atoms with Crippen LogP contribution in [0.4, 0.5) is 5.69 Å². The summed E-state index contributed by atoms with van der Waals surface area (Å²) in [6.45, 7) is 5.45. The minimum absolute atomic E-state index is 0.0222. The zero-order valence-electron chi connectivity index (χ0n) is 26.1. The fourth-order valence-corrected chi connectivity index (χ4v) is 6.19. The van der Waals surface area contributed by atoms with Crippen molar-refractivity contribution >= 4 is 17.5 Å². The molecular formula is C38H37N3O4. The second-order valence-electron chi connectivity index (χ2n) is 11.5. The Bertz CT molecular complexity index is 1890. The van der Waals surface area contributed by atoms with Gasteiger partial charge in [-0.3, -0.25) is 9.59 Å². The SMILES string of the molecule is COc1cccc(CN(C(=O)c2cc(-c3ccccc3C(=O)N3CCc4ccccc4C3)n(C)c2C)c2ccc(O)cc2)c1C. The van der Waals surface area contributed by atoms with Crippen molar-refractivity contribution in [1.29, 1.82) is 0 Å². The van der Waals surface area contributed by atoms with Crippen LogP contribution in [0, 0.1) is 13.8 Å². The van der Waals surface area contributed by atoms with Crippen molar-refractivity contribution in [3.05, 3.63) is 136 Å². The van der Waals surface area contributed by atoms with Gasteiger partial charge in [-0.25, -0.2) is 0 Å². The van der Waals surface area contributed by atoms with Gasteiger partial charge in [-0.15, -0.1) is 0 Å². The lowest BCUT2D eigenvalue weighted by atomic mass is 9.97. The molecule has 7 heteroatoms. The van der Waals surface area contributed by atoms with Crippen molar-refractivity contribution in [1.82, 2.24) is 9.47 Å². The van der Waals surface area contributed by atoms with E-state index in [0.29, 0.717) is 36.4 Å². The highest BCUT2D eigenvalue weighted by Gasteiger charge is 2.28. The lowest BCUT2D eigenvalue weighted by Gasteiger charge is -2.29. The summed E-state index contributed by atoms with van der Waals surface area (Å²) in [6.07, 6.45) is 0.825. The maximum atomic E-state index is 14.4. The number of anilines is 1. The molecular weight excluding hydrogens is 562 g/mol. The molecule has 5 aromatic rings. The number of hydrogen-bond acceptors (Lipinski definition) is 4. The molecule has 4 aromatic carbocycles. The van der Waals surface area contributed by atoms with E-state index in [1.807, 2.05) is 91.0 Å². The Labute approximate surface area is 263 Å². The van der Waals surface area contributed by atoms with E-state index in [9.17, 15) is 14.7 Å². The van der Waals surface area contributed by atoms with Crippen LogP contribution in [-0.4, -0.2) is 40.0 Å². The third-order valence-corrected chi connectivity index (χ3v) is 8.97. The van der Waals surface area contributed by atoms with E-state index >= 15 is 0 Å². The van der Waals surface area contributed by atoms with E-state index in [0.717, 1.165) is 40.2 Å². The number of methoxy groups -OCH3 is 1. The molecule has 0 saturated carbocycles. The molecule has 0 saturated heterocycles. The lowest BCUT2D eigenvalue weighted by molar-refractivity contribution is 0.0735. The maximum Gasteiger partial charge on any atom is 0.260 e. The number of carbonyl (C=O) groups is 2. The van der Waals surface area contributed by atoms with Gasteiger partial charge in [0.15, 0.2) is 0 Å². The summed E-state index contributed by atoms with van der Waals surface area (Å²) in [4.78, 5) is 32.0. The summed E-state index contributed by atoms with van der Waals surface area (Å²) in [6, 6.07) is 30.3. The molecule has 45 heavy (non-hydrogen) atoms. The molecule has 1 N–H and O–H groups in total. The number of amides is 2. The molecule has 0 aliphatic carbocycles. The summed E-state index contributed by atoms with van der Waals surface area (Å²) in [7, 11) is 3.56. The minimum atomic E-state index is -0.182. The predicted octanol–water partition coefficient (Wildman–Crippen LogP) is 7.07. The number of phenolic OH excluding ortho intramolecular Hbond substituents is 1.